The molecule has 9 nitrogen and oxygen atoms in total. The molecule has 0 spiro atoms. The maximum atomic E-state index is 13.1. The molecule has 11 heteroatoms. The predicted octanol–water partition coefficient (Wildman–Crippen LogP) is 4.64. The highest BCUT2D eigenvalue weighted by Gasteiger charge is 2.28. The summed E-state index contributed by atoms with van der Waals surface area (Å²) < 4.78 is 39.5. The highest BCUT2D eigenvalue weighted by atomic mass is 32.2. The number of ether oxygens (including phenoxy) is 2. The molecule has 0 fully saturated rings. The number of sulfonamides is 1. The Balaban J connectivity index is 1.86. The van der Waals surface area contributed by atoms with Gasteiger partial charge < -0.3 is 14.6 Å². The van der Waals surface area contributed by atoms with Crippen LogP contribution in [0, 0.1) is 10.1 Å². The molecule has 0 aliphatic carbocycles. The van der Waals surface area contributed by atoms with Gasteiger partial charge in [-0.15, -0.1) is 11.3 Å². The van der Waals surface area contributed by atoms with E-state index in [0.717, 1.165) is 35.4 Å². The first-order chi connectivity index (χ1) is 17.2. The second kappa shape index (κ2) is 12.3. The van der Waals surface area contributed by atoms with Crippen LogP contribution in [0.25, 0.3) is 0 Å². The Morgan fingerprint density at radius 2 is 1.75 bits per heavy atom. The summed E-state index contributed by atoms with van der Waals surface area (Å²) in [5.41, 5.74) is 1.32. The first kappa shape index (κ1) is 27.6. The van der Waals surface area contributed by atoms with Crippen molar-refractivity contribution in [3.05, 3.63) is 80.0 Å². The Morgan fingerprint density at radius 3 is 2.36 bits per heavy atom. The third-order valence-electron chi connectivity index (χ3n) is 5.75. The average Bonchev–Trinajstić information content (AvgIpc) is 3.34. The summed E-state index contributed by atoms with van der Waals surface area (Å²) >= 11 is 1.53. The molecule has 194 valence electrons. The second-order valence-electron chi connectivity index (χ2n) is 8.25. The normalized spacial score (nSPS) is 13.2. The van der Waals surface area contributed by atoms with Crippen molar-refractivity contribution in [1.82, 2.24) is 4.72 Å². The fourth-order valence-electron chi connectivity index (χ4n) is 3.82. The molecule has 1 unspecified atom stereocenters. The summed E-state index contributed by atoms with van der Waals surface area (Å²) in [5, 5.41) is 24.0. The molecule has 1 aromatic heterocycles. The van der Waals surface area contributed by atoms with E-state index in [1.54, 1.807) is 13.2 Å². The average molecular weight is 535 g/mol. The van der Waals surface area contributed by atoms with E-state index in [1.807, 2.05) is 23.6 Å². The zero-order valence-corrected chi connectivity index (χ0v) is 22.0. The number of nitro groups is 1. The zero-order valence-electron chi connectivity index (χ0n) is 20.3. The maximum absolute atomic E-state index is 13.1. The van der Waals surface area contributed by atoms with Crippen molar-refractivity contribution in [1.29, 1.82) is 0 Å². The van der Waals surface area contributed by atoms with Crippen molar-refractivity contribution >= 4 is 27.0 Å². The van der Waals surface area contributed by atoms with Gasteiger partial charge in [-0.1, -0.05) is 19.4 Å². The number of nitro benzene ring substituents is 1. The lowest BCUT2D eigenvalue weighted by atomic mass is 9.98. The van der Waals surface area contributed by atoms with E-state index in [9.17, 15) is 23.6 Å². The van der Waals surface area contributed by atoms with Crippen molar-refractivity contribution in [2.75, 3.05) is 14.2 Å². The molecule has 2 atom stereocenters. The van der Waals surface area contributed by atoms with Crippen LogP contribution in [0.3, 0.4) is 0 Å². The zero-order chi connectivity index (χ0) is 26.3. The summed E-state index contributed by atoms with van der Waals surface area (Å²) in [6, 6.07) is 11.2. The van der Waals surface area contributed by atoms with Gasteiger partial charge in [0.25, 0.3) is 5.69 Å². The minimum atomic E-state index is -4.06. The van der Waals surface area contributed by atoms with Gasteiger partial charge >= 0.3 is 0 Å². The third-order valence-corrected chi connectivity index (χ3v) is 8.27. The van der Waals surface area contributed by atoms with Crippen LogP contribution < -0.4 is 14.2 Å². The fraction of sp³-hybridized carbons (Fsp3) is 0.360. The van der Waals surface area contributed by atoms with Gasteiger partial charge in [0.15, 0.2) is 11.5 Å². The predicted molar refractivity (Wildman–Crippen MR) is 138 cm³/mol. The Hall–Kier alpha value is -2.99. The number of hydrogen-bond donors (Lipinski definition) is 2. The molecular weight excluding hydrogens is 504 g/mol. The number of benzene rings is 2. The molecule has 3 rings (SSSR count). The molecule has 0 saturated heterocycles. The molecule has 0 bridgehead atoms. The van der Waals surface area contributed by atoms with E-state index in [2.05, 4.69) is 11.6 Å². The van der Waals surface area contributed by atoms with Crippen LogP contribution in [0.1, 0.15) is 41.9 Å². The molecule has 2 aromatic carbocycles. The molecule has 2 N–H and O–H groups in total. The highest BCUT2D eigenvalue weighted by molar-refractivity contribution is 7.89. The first-order valence-electron chi connectivity index (χ1n) is 11.4. The van der Waals surface area contributed by atoms with Crippen molar-refractivity contribution in [3.8, 4) is 11.5 Å². The van der Waals surface area contributed by atoms with E-state index >= 15 is 0 Å². The number of hydrogen-bond acceptors (Lipinski definition) is 8. The summed E-state index contributed by atoms with van der Waals surface area (Å²) in [5.74, 6) is 1.14. The Labute approximate surface area is 214 Å². The van der Waals surface area contributed by atoms with E-state index in [0.29, 0.717) is 29.9 Å². The quantitative estimate of drug-likeness (QED) is 0.241. The van der Waals surface area contributed by atoms with Crippen LogP contribution >= 0.6 is 11.3 Å². The van der Waals surface area contributed by atoms with Gasteiger partial charge in [0.05, 0.1) is 36.2 Å². The van der Waals surface area contributed by atoms with E-state index in [-0.39, 0.29) is 10.6 Å². The number of nitrogens with zero attached hydrogens (tertiary/aromatic N) is 1. The van der Waals surface area contributed by atoms with Crippen molar-refractivity contribution in [2.45, 2.75) is 49.6 Å². The van der Waals surface area contributed by atoms with Gasteiger partial charge in [0.2, 0.25) is 10.0 Å². The van der Waals surface area contributed by atoms with Crippen LogP contribution in [-0.4, -0.2) is 38.7 Å². The Bertz CT molecular complexity index is 1270. The lowest BCUT2D eigenvalue weighted by Crippen LogP contribution is -2.39. The van der Waals surface area contributed by atoms with Crippen molar-refractivity contribution < 1.29 is 27.9 Å². The van der Waals surface area contributed by atoms with Crippen LogP contribution in [0.5, 0.6) is 11.5 Å². The topological polar surface area (TPSA) is 128 Å². The molecule has 36 heavy (non-hydrogen) atoms. The monoisotopic (exact) mass is 534 g/mol. The number of aliphatic hydroxyl groups excluding tert-OH is 1. The standard InChI is InChI=1S/C25H30N2O7S2/c1-4-5-20-15-18(16-35-20)25(28)22(12-6-17-7-13-23(33-2)24(14-17)34-3)26-36(31,32)21-10-8-19(9-11-21)27(29)30/h7-11,13-16,22,25-26,28H,4-6,12H2,1-3H3/t22-,25?/m1/s1. The Morgan fingerprint density at radius 1 is 1.06 bits per heavy atom. The summed E-state index contributed by atoms with van der Waals surface area (Å²) in [4.78, 5) is 11.3. The summed E-state index contributed by atoms with van der Waals surface area (Å²) in [7, 11) is -0.975. The van der Waals surface area contributed by atoms with Crippen LogP contribution in [0.2, 0.25) is 0 Å². The van der Waals surface area contributed by atoms with Gasteiger partial charge in [-0.3, -0.25) is 10.1 Å². The number of methoxy groups -OCH3 is 2. The first-order valence-corrected chi connectivity index (χ1v) is 13.8. The number of rotatable bonds is 13. The molecule has 0 saturated carbocycles. The van der Waals surface area contributed by atoms with E-state index < -0.39 is 27.1 Å². The fourth-order valence-corrected chi connectivity index (χ4v) is 6.11. The van der Waals surface area contributed by atoms with Crippen LogP contribution in [-0.2, 0) is 22.9 Å². The van der Waals surface area contributed by atoms with Gasteiger partial charge in [-0.2, -0.15) is 0 Å². The number of aryl methyl sites for hydroxylation is 2. The van der Waals surface area contributed by atoms with Crippen LogP contribution in [0.15, 0.2) is 58.8 Å². The van der Waals surface area contributed by atoms with Crippen LogP contribution in [0.4, 0.5) is 5.69 Å². The van der Waals surface area contributed by atoms with Crippen molar-refractivity contribution in [2.24, 2.45) is 0 Å². The second-order valence-corrected chi connectivity index (χ2v) is 11.0. The molecular formula is C25H30N2O7S2. The Kier molecular flexibility index (Phi) is 9.43. The summed E-state index contributed by atoms with van der Waals surface area (Å²) in [6.07, 6.45) is 1.51. The molecule has 0 aliphatic heterocycles. The molecule has 0 amide bonds. The SMILES string of the molecule is CCCc1cc(C(O)[C@@H](CCc2ccc(OC)c(OC)c2)NS(=O)(=O)c2ccc([N+](=O)[O-])cc2)cs1. The minimum Gasteiger partial charge on any atom is -0.493 e. The van der Waals surface area contributed by atoms with E-state index in [1.165, 1.54) is 30.6 Å². The smallest absolute Gasteiger partial charge is 0.269 e. The number of aliphatic hydroxyl groups is 1. The lowest BCUT2D eigenvalue weighted by molar-refractivity contribution is -0.384. The molecule has 3 aromatic rings. The third kappa shape index (κ3) is 6.82. The molecule has 1 heterocycles. The van der Waals surface area contributed by atoms with Gasteiger partial charge in [-0.05, 0) is 66.1 Å². The van der Waals surface area contributed by atoms with Gasteiger partial charge in [-0.25, -0.2) is 13.1 Å². The maximum Gasteiger partial charge on any atom is 0.269 e. The van der Waals surface area contributed by atoms with Gasteiger partial charge in [0.1, 0.15) is 0 Å². The molecule has 0 aliphatic rings. The van der Waals surface area contributed by atoms with E-state index in [4.69, 9.17) is 9.47 Å². The number of non-ortho nitro benzene ring substituents is 1. The van der Waals surface area contributed by atoms with Crippen molar-refractivity contribution in [3.63, 3.8) is 0 Å². The number of thiophene rings is 1. The summed E-state index contributed by atoms with van der Waals surface area (Å²) in [6.45, 7) is 2.07. The number of nitrogens with one attached hydrogen (secondary N) is 1. The molecule has 0 radical (unpaired) electrons. The largest absolute Gasteiger partial charge is 0.493 e. The lowest BCUT2D eigenvalue weighted by Gasteiger charge is -2.24. The minimum absolute atomic E-state index is 0.117. The highest BCUT2D eigenvalue weighted by Crippen LogP contribution is 2.30. The van der Waals surface area contributed by atoms with Gasteiger partial charge in [0, 0.05) is 17.0 Å².